The number of allylic oxidation sites excluding steroid dienone is 1. The first-order chi connectivity index (χ1) is 7.74. The number of aliphatic hydroxyl groups is 1. The third kappa shape index (κ3) is 4.28. The van der Waals surface area contributed by atoms with Gasteiger partial charge in [-0.2, -0.15) is 0 Å². The Labute approximate surface area is 95.0 Å². The van der Waals surface area contributed by atoms with Crippen LogP contribution >= 0.6 is 0 Å². The molecule has 0 spiro atoms. The topological polar surface area (TPSA) is 57.5 Å². The van der Waals surface area contributed by atoms with Crippen LogP contribution in [0.2, 0.25) is 0 Å². The Bertz CT molecular complexity index is 343. The number of carboxylic acid groups (broad SMARTS) is 1. The summed E-state index contributed by atoms with van der Waals surface area (Å²) in [7, 11) is 0. The molecule has 0 fully saturated rings. The molecule has 1 aromatic carbocycles. The van der Waals surface area contributed by atoms with Crippen LogP contribution in [0.15, 0.2) is 42.5 Å². The van der Waals surface area contributed by atoms with E-state index in [2.05, 4.69) is 0 Å². The van der Waals surface area contributed by atoms with Crippen LogP contribution in [-0.2, 0) is 4.79 Å². The van der Waals surface area contributed by atoms with Gasteiger partial charge in [-0.1, -0.05) is 42.5 Å². The van der Waals surface area contributed by atoms with Crippen LogP contribution in [0.1, 0.15) is 24.3 Å². The molecule has 1 atom stereocenters. The van der Waals surface area contributed by atoms with E-state index >= 15 is 0 Å². The van der Waals surface area contributed by atoms with Crippen molar-refractivity contribution < 1.29 is 15.0 Å². The predicted molar refractivity (Wildman–Crippen MR) is 62.3 cm³/mol. The van der Waals surface area contributed by atoms with Gasteiger partial charge in [-0.3, -0.25) is 4.79 Å². The Kier molecular flexibility index (Phi) is 5.29. The summed E-state index contributed by atoms with van der Waals surface area (Å²) < 4.78 is 0. The Balaban J connectivity index is 2.71. The maximum absolute atomic E-state index is 10.7. The van der Waals surface area contributed by atoms with E-state index in [-0.39, 0.29) is 18.9 Å². The van der Waals surface area contributed by atoms with E-state index < -0.39 is 5.97 Å². The van der Waals surface area contributed by atoms with Crippen molar-refractivity contribution in [3.05, 3.63) is 48.0 Å². The van der Waals surface area contributed by atoms with Crippen LogP contribution in [0.3, 0.4) is 0 Å². The molecule has 0 aliphatic carbocycles. The Hall–Kier alpha value is -1.61. The first-order valence-corrected chi connectivity index (χ1v) is 5.26. The van der Waals surface area contributed by atoms with Gasteiger partial charge in [0.25, 0.3) is 0 Å². The van der Waals surface area contributed by atoms with Crippen LogP contribution in [0.4, 0.5) is 0 Å². The lowest BCUT2D eigenvalue weighted by atomic mass is 9.92. The van der Waals surface area contributed by atoms with Gasteiger partial charge in [-0.25, -0.2) is 0 Å². The van der Waals surface area contributed by atoms with Gasteiger partial charge in [0.15, 0.2) is 0 Å². The number of aliphatic carboxylic acids is 1. The average Bonchev–Trinajstić information content (AvgIpc) is 2.29. The van der Waals surface area contributed by atoms with Crippen molar-refractivity contribution in [3.8, 4) is 0 Å². The fourth-order valence-electron chi connectivity index (χ4n) is 1.61. The zero-order chi connectivity index (χ0) is 11.8. The van der Waals surface area contributed by atoms with Crippen LogP contribution in [0, 0.1) is 0 Å². The first-order valence-electron chi connectivity index (χ1n) is 5.26. The second kappa shape index (κ2) is 6.80. The fraction of sp³-hybridized carbons (Fsp3) is 0.308. The van der Waals surface area contributed by atoms with E-state index in [0.29, 0.717) is 6.42 Å². The molecule has 0 aromatic heterocycles. The highest BCUT2D eigenvalue weighted by atomic mass is 16.4. The summed E-state index contributed by atoms with van der Waals surface area (Å²) in [6, 6.07) is 9.57. The van der Waals surface area contributed by atoms with Gasteiger partial charge in [-0.05, 0) is 17.9 Å². The van der Waals surface area contributed by atoms with Crippen molar-refractivity contribution >= 4 is 5.97 Å². The molecule has 1 rings (SSSR count). The molecule has 0 saturated carbocycles. The van der Waals surface area contributed by atoms with Gasteiger partial charge in [0.1, 0.15) is 0 Å². The molecule has 0 amide bonds. The summed E-state index contributed by atoms with van der Waals surface area (Å²) in [6.45, 7) is -0.00538. The van der Waals surface area contributed by atoms with Crippen molar-refractivity contribution in [2.24, 2.45) is 0 Å². The molecule has 0 saturated heterocycles. The molecule has 86 valence electrons. The lowest BCUT2D eigenvalue weighted by molar-refractivity contribution is -0.137. The quantitative estimate of drug-likeness (QED) is 0.722. The smallest absolute Gasteiger partial charge is 0.303 e. The lowest BCUT2D eigenvalue weighted by Crippen LogP contribution is -2.05. The zero-order valence-electron chi connectivity index (χ0n) is 9.04. The second-order valence-electron chi connectivity index (χ2n) is 3.60. The molecule has 0 bridgehead atoms. The standard InChI is InChI=1S/C13H16O3/c14-9-5-4-8-12(10-13(15)16)11-6-2-1-3-7-11/h1-7,12,14H,8-10H2,(H,15,16)/b5-4-/t12-/m1/s1. The Morgan fingerprint density at radius 1 is 1.25 bits per heavy atom. The number of carboxylic acids is 1. The SMILES string of the molecule is O=C(O)C[C@@H](C/C=C\CO)c1ccccc1. The molecule has 0 unspecified atom stereocenters. The molecule has 16 heavy (non-hydrogen) atoms. The summed E-state index contributed by atoms with van der Waals surface area (Å²) in [5.74, 6) is -0.826. The number of carbonyl (C=O) groups is 1. The minimum absolute atomic E-state index is 0.00538. The summed E-state index contributed by atoms with van der Waals surface area (Å²) in [4.78, 5) is 10.7. The lowest BCUT2D eigenvalue weighted by Gasteiger charge is -2.12. The maximum atomic E-state index is 10.7. The Morgan fingerprint density at radius 3 is 2.50 bits per heavy atom. The molecule has 3 nitrogen and oxygen atoms in total. The highest BCUT2D eigenvalue weighted by Crippen LogP contribution is 2.23. The molecule has 2 N–H and O–H groups in total. The monoisotopic (exact) mass is 220 g/mol. The highest BCUT2D eigenvalue weighted by Gasteiger charge is 2.13. The molecule has 0 radical (unpaired) electrons. The molecule has 0 aliphatic rings. The van der Waals surface area contributed by atoms with Crippen LogP contribution < -0.4 is 0 Å². The molecule has 0 aliphatic heterocycles. The van der Waals surface area contributed by atoms with E-state index in [4.69, 9.17) is 10.2 Å². The number of aliphatic hydroxyl groups excluding tert-OH is 1. The van der Waals surface area contributed by atoms with Gasteiger partial charge in [0, 0.05) is 0 Å². The van der Waals surface area contributed by atoms with E-state index in [0.717, 1.165) is 5.56 Å². The molecule has 0 heterocycles. The van der Waals surface area contributed by atoms with Crippen molar-refractivity contribution in [2.45, 2.75) is 18.8 Å². The second-order valence-corrected chi connectivity index (χ2v) is 3.60. The molecular weight excluding hydrogens is 204 g/mol. The van der Waals surface area contributed by atoms with E-state index in [1.165, 1.54) is 0 Å². The zero-order valence-corrected chi connectivity index (χ0v) is 9.04. The number of hydrogen-bond acceptors (Lipinski definition) is 2. The van der Waals surface area contributed by atoms with E-state index in [1.54, 1.807) is 6.08 Å². The Morgan fingerprint density at radius 2 is 1.94 bits per heavy atom. The maximum Gasteiger partial charge on any atom is 0.303 e. The predicted octanol–water partition coefficient (Wildman–Crippen LogP) is 2.18. The first kappa shape index (κ1) is 12.5. The minimum Gasteiger partial charge on any atom is -0.481 e. The summed E-state index contributed by atoms with van der Waals surface area (Å²) in [5.41, 5.74) is 1.02. The van der Waals surface area contributed by atoms with Crippen molar-refractivity contribution in [1.29, 1.82) is 0 Å². The number of rotatable bonds is 6. The van der Waals surface area contributed by atoms with Gasteiger partial charge in [0.2, 0.25) is 0 Å². The molecular formula is C13H16O3. The average molecular weight is 220 g/mol. The largest absolute Gasteiger partial charge is 0.481 e. The number of benzene rings is 1. The minimum atomic E-state index is -0.800. The van der Waals surface area contributed by atoms with Crippen molar-refractivity contribution in [1.82, 2.24) is 0 Å². The van der Waals surface area contributed by atoms with Gasteiger partial charge in [0.05, 0.1) is 13.0 Å². The summed E-state index contributed by atoms with van der Waals surface area (Å²) in [6.07, 6.45) is 4.20. The van der Waals surface area contributed by atoms with Gasteiger partial charge in [-0.15, -0.1) is 0 Å². The summed E-state index contributed by atoms with van der Waals surface area (Å²) >= 11 is 0. The third-order valence-corrected chi connectivity index (χ3v) is 2.38. The summed E-state index contributed by atoms with van der Waals surface area (Å²) in [5, 5.41) is 17.5. The third-order valence-electron chi connectivity index (χ3n) is 2.38. The number of hydrogen-bond donors (Lipinski definition) is 2. The fourth-order valence-corrected chi connectivity index (χ4v) is 1.61. The van der Waals surface area contributed by atoms with E-state index in [9.17, 15) is 4.79 Å². The van der Waals surface area contributed by atoms with Crippen molar-refractivity contribution in [2.75, 3.05) is 6.61 Å². The van der Waals surface area contributed by atoms with Crippen LogP contribution in [0.5, 0.6) is 0 Å². The van der Waals surface area contributed by atoms with Gasteiger partial charge < -0.3 is 10.2 Å². The van der Waals surface area contributed by atoms with Crippen LogP contribution in [0.25, 0.3) is 0 Å². The van der Waals surface area contributed by atoms with Gasteiger partial charge >= 0.3 is 5.97 Å². The highest BCUT2D eigenvalue weighted by molar-refractivity contribution is 5.68. The molecule has 3 heteroatoms. The molecule has 1 aromatic rings. The van der Waals surface area contributed by atoms with E-state index in [1.807, 2.05) is 36.4 Å². The normalized spacial score (nSPS) is 12.8. The van der Waals surface area contributed by atoms with Crippen LogP contribution in [-0.4, -0.2) is 22.8 Å². The van der Waals surface area contributed by atoms with Crippen molar-refractivity contribution in [3.63, 3.8) is 0 Å².